The standard InChI is InChI=1S/C14H21N3O/c1-10(2)15-8-13(17(3)4)11-5-6-12-14(7-11)18-9-16-12/h5-7,9-10,13,15H,8H2,1-4H3. The van der Waals surface area contributed by atoms with Crippen molar-refractivity contribution in [2.45, 2.75) is 25.9 Å². The number of oxazole rings is 1. The summed E-state index contributed by atoms with van der Waals surface area (Å²) in [5.74, 6) is 0. The molecular weight excluding hydrogens is 226 g/mol. The fourth-order valence-electron chi connectivity index (χ4n) is 2.02. The van der Waals surface area contributed by atoms with Crippen LogP contribution in [0.4, 0.5) is 0 Å². The van der Waals surface area contributed by atoms with E-state index in [2.05, 4.69) is 55.3 Å². The van der Waals surface area contributed by atoms with E-state index in [9.17, 15) is 0 Å². The van der Waals surface area contributed by atoms with Gasteiger partial charge in [-0.2, -0.15) is 0 Å². The highest BCUT2D eigenvalue weighted by molar-refractivity contribution is 5.72. The molecule has 1 atom stereocenters. The van der Waals surface area contributed by atoms with Crippen molar-refractivity contribution >= 4 is 11.1 Å². The monoisotopic (exact) mass is 247 g/mol. The van der Waals surface area contributed by atoms with Crippen molar-refractivity contribution in [2.24, 2.45) is 0 Å². The number of hydrogen-bond acceptors (Lipinski definition) is 4. The van der Waals surface area contributed by atoms with Gasteiger partial charge in [-0.25, -0.2) is 4.98 Å². The highest BCUT2D eigenvalue weighted by Crippen LogP contribution is 2.22. The van der Waals surface area contributed by atoms with Crippen molar-refractivity contribution in [2.75, 3.05) is 20.6 Å². The van der Waals surface area contributed by atoms with Gasteiger partial charge in [-0.15, -0.1) is 0 Å². The van der Waals surface area contributed by atoms with Gasteiger partial charge in [0, 0.05) is 18.6 Å². The van der Waals surface area contributed by atoms with E-state index in [1.165, 1.54) is 12.0 Å². The smallest absolute Gasteiger partial charge is 0.181 e. The Bertz CT molecular complexity index is 504. The molecule has 0 spiro atoms. The van der Waals surface area contributed by atoms with Crippen molar-refractivity contribution in [1.82, 2.24) is 15.2 Å². The molecule has 98 valence electrons. The zero-order chi connectivity index (χ0) is 13.1. The quantitative estimate of drug-likeness (QED) is 0.881. The Hall–Kier alpha value is -1.39. The molecule has 2 rings (SSSR count). The third kappa shape index (κ3) is 2.89. The van der Waals surface area contributed by atoms with Gasteiger partial charge in [-0.05, 0) is 31.8 Å². The molecule has 1 N–H and O–H groups in total. The first-order chi connectivity index (χ1) is 8.58. The number of nitrogens with one attached hydrogen (secondary N) is 1. The van der Waals surface area contributed by atoms with Crippen molar-refractivity contribution in [3.05, 3.63) is 30.2 Å². The van der Waals surface area contributed by atoms with Gasteiger partial charge in [-0.3, -0.25) is 0 Å². The van der Waals surface area contributed by atoms with E-state index in [0.29, 0.717) is 12.1 Å². The van der Waals surface area contributed by atoms with E-state index in [4.69, 9.17) is 4.42 Å². The second-order valence-corrected chi connectivity index (χ2v) is 5.12. The van der Waals surface area contributed by atoms with Crippen LogP contribution in [0.2, 0.25) is 0 Å². The Labute approximate surface area is 108 Å². The molecule has 0 saturated heterocycles. The number of likely N-dealkylation sites (N-methyl/N-ethyl adjacent to an activating group) is 1. The van der Waals surface area contributed by atoms with Gasteiger partial charge < -0.3 is 14.6 Å². The maximum atomic E-state index is 5.36. The molecule has 1 aromatic carbocycles. The first kappa shape index (κ1) is 13.1. The lowest BCUT2D eigenvalue weighted by Crippen LogP contribution is -2.34. The molecule has 0 aliphatic rings. The molecule has 0 bridgehead atoms. The molecule has 18 heavy (non-hydrogen) atoms. The minimum absolute atomic E-state index is 0.335. The molecule has 1 aromatic heterocycles. The summed E-state index contributed by atoms with van der Waals surface area (Å²) in [5.41, 5.74) is 3.01. The van der Waals surface area contributed by atoms with Crippen LogP contribution in [0.3, 0.4) is 0 Å². The number of benzene rings is 1. The zero-order valence-electron chi connectivity index (χ0n) is 11.5. The third-order valence-corrected chi connectivity index (χ3v) is 3.08. The summed E-state index contributed by atoms with van der Waals surface area (Å²) in [7, 11) is 4.19. The summed E-state index contributed by atoms with van der Waals surface area (Å²) in [6.07, 6.45) is 1.49. The van der Waals surface area contributed by atoms with Gasteiger partial charge in [0.2, 0.25) is 0 Å². The minimum Gasteiger partial charge on any atom is -0.443 e. The predicted octanol–water partition coefficient (Wildman–Crippen LogP) is 2.43. The molecular formula is C14H21N3O. The van der Waals surface area contributed by atoms with Gasteiger partial charge in [0.1, 0.15) is 5.52 Å². The molecule has 1 heterocycles. The SMILES string of the molecule is CC(C)NCC(c1ccc2ncoc2c1)N(C)C. The lowest BCUT2D eigenvalue weighted by Gasteiger charge is -2.26. The van der Waals surface area contributed by atoms with E-state index in [-0.39, 0.29) is 0 Å². The van der Waals surface area contributed by atoms with Crippen molar-refractivity contribution in [1.29, 1.82) is 0 Å². The molecule has 0 saturated carbocycles. The molecule has 0 amide bonds. The average Bonchev–Trinajstić information content (AvgIpc) is 2.75. The maximum Gasteiger partial charge on any atom is 0.181 e. The van der Waals surface area contributed by atoms with Crippen molar-refractivity contribution < 1.29 is 4.42 Å². The zero-order valence-corrected chi connectivity index (χ0v) is 11.5. The van der Waals surface area contributed by atoms with Crippen molar-refractivity contribution in [3.63, 3.8) is 0 Å². The van der Waals surface area contributed by atoms with Crippen LogP contribution >= 0.6 is 0 Å². The van der Waals surface area contributed by atoms with Crippen LogP contribution in [0, 0.1) is 0 Å². The van der Waals surface area contributed by atoms with Gasteiger partial charge in [0.15, 0.2) is 12.0 Å². The van der Waals surface area contributed by atoms with E-state index >= 15 is 0 Å². The van der Waals surface area contributed by atoms with E-state index in [1.807, 2.05) is 6.07 Å². The minimum atomic E-state index is 0.335. The summed E-state index contributed by atoms with van der Waals surface area (Å²) >= 11 is 0. The Morgan fingerprint density at radius 1 is 1.33 bits per heavy atom. The molecule has 0 fully saturated rings. The average molecular weight is 247 g/mol. The van der Waals surface area contributed by atoms with E-state index in [0.717, 1.165) is 17.6 Å². The highest BCUT2D eigenvalue weighted by Gasteiger charge is 2.15. The van der Waals surface area contributed by atoms with Crippen LogP contribution in [0.1, 0.15) is 25.5 Å². The van der Waals surface area contributed by atoms with Crippen LogP contribution in [-0.4, -0.2) is 36.6 Å². The summed E-state index contributed by atoms with van der Waals surface area (Å²) in [4.78, 5) is 6.36. The second kappa shape index (κ2) is 5.50. The number of nitrogens with zero attached hydrogens (tertiary/aromatic N) is 2. The number of rotatable bonds is 5. The summed E-state index contributed by atoms with van der Waals surface area (Å²) < 4.78 is 5.36. The summed E-state index contributed by atoms with van der Waals surface area (Å²) in [6, 6.07) is 7.04. The fraction of sp³-hybridized carbons (Fsp3) is 0.500. The molecule has 1 unspecified atom stereocenters. The van der Waals surface area contributed by atoms with Gasteiger partial charge in [0.05, 0.1) is 0 Å². The largest absolute Gasteiger partial charge is 0.443 e. The lowest BCUT2D eigenvalue weighted by atomic mass is 10.1. The van der Waals surface area contributed by atoms with Gasteiger partial charge in [-0.1, -0.05) is 19.9 Å². The van der Waals surface area contributed by atoms with Crippen LogP contribution in [0.5, 0.6) is 0 Å². The lowest BCUT2D eigenvalue weighted by molar-refractivity contribution is 0.283. The maximum absolute atomic E-state index is 5.36. The molecule has 0 aliphatic carbocycles. The van der Waals surface area contributed by atoms with E-state index in [1.54, 1.807) is 0 Å². The topological polar surface area (TPSA) is 41.3 Å². The van der Waals surface area contributed by atoms with Gasteiger partial charge >= 0.3 is 0 Å². The van der Waals surface area contributed by atoms with Crippen LogP contribution in [0.15, 0.2) is 29.0 Å². The second-order valence-electron chi connectivity index (χ2n) is 5.12. The Morgan fingerprint density at radius 3 is 2.78 bits per heavy atom. The number of hydrogen-bond donors (Lipinski definition) is 1. The Balaban J connectivity index is 2.23. The molecule has 4 nitrogen and oxygen atoms in total. The Kier molecular flexibility index (Phi) is 3.99. The molecule has 4 heteroatoms. The van der Waals surface area contributed by atoms with Gasteiger partial charge in [0.25, 0.3) is 0 Å². The number of fused-ring (bicyclic) bond motifs is 1. The highest BCUT2D eigenvalue weighted by atomic mass is 16.3. The fourth-order valence-corrected chi connectivity index (χ4v) is 2.02. The first-order valence-corrected chi connectivity index (χ1v) is 6.31. The van der Waals surface area contributed by atoms with Crippen LogP contribution in [-0.2, 0) is 0 Å². The van der Waals surface area contributed by atoms with Crippen LogP contribution in [0.25, 0.3) is 11.1 Å². The summed E-state index contributed by atoms with van der Waals surface area (Å²) in [6.45, 7) is 5.24. The molecule has 0 aliphatic heterocycles. The Morgan fingerprint density at radius 2 is 2.11 bits per heavy atom. The van der Waals surface area contributed by atoms with Crippen molar-refractivity contribution in [3.8, 4) is 0 Å². The summed E-state index contributed by atoms with van der Waals surface area (Å²) in [5, 5.41) is 3.48. The first-order valence-electron chi connectivity index (χ1n) is 6.31. The predicted molar refractivity (Wildman–Crippen MR) is 73.6 cm³/mol. The third-order valence-electron chi connectivity index (χ3n) is 3.08. The number of aromatic nitrogens is 1. The molecule has 0 radical (unpaired) electrons. The van der Waals surface area contributed by atoms with E-state index < -0.39 is 0 Å². The molecule has 2 aromatic rings. The van der Waals surface area contributed by atoms with Crippen LogP contribution < -0.4 is 5.32 Å². The normalized spacial score (nSPS) is 13.7.